The number of rotatable bonds is 2. The summed E-state index contributed by atoms with van der Waals surface area (Å²) in [6.45, 7) is 2.29. The number of aliphatic hydroxyl groups excluding tert-OH is 1. The largest absolute Gasteiger partial charge is 0.473 e. The lowest BCUT2D eigenvalue weighted by Gasteiger charge is -2.38. The third-order valence-corrected chi connectivity index (χ3v) is 6.27. The number of carboxylic acid groups (broad SMARTS) is 2. The molecule has 10 nitrogen and oxygen atoms in total. The molecule has 11 heteroatoms. The molecule has 1 aromatic carbocycles. The summed E-state index contributed by atoms with van der Waals surface area (Å²) < 4.78 is 23.2. The number of hydrogen-bond donors (Lipinski definition) is 3. The summed E-state index contributed by atoms with van der Waals surface area (Å²) in [6, 6.07) is 8.80. The Hall–Kier alpha value is -2.50. The van der Waals surface area contributed by atoms with Gasteiger partial charge in [-0.3, -0.25) is 9.69 Å². The molecule has 0 saturated carbocycles. The average Bonchev–Trinajstić information content (AvgIpc) is 2.95. The molecule has 2 fully saturated rings. The fraction of sp³-hybridized carbons (Fsp3) is 0.471. The third kappa shape index (κ3) is 5.75. The van der Waals surface area contributed by atoms with Gasteiger partial charge >= 0.3 is 11.9 Å². The summed E-state index contributed by atoms with van der Waals surface area (Å²) in [5.74, 6) is -3.79. The first-order valence-electron chi connectivity index (χ1n) is 8.54. The van der Waals surface area contributed by atoms with Crippen LogP contribution in [0.15, 0.2) is 30.3 Å². The number of piperazine rings is 1. The topological polar surface area (TPSA) is 153 Å². The van der Waals surface area contributed by atoms with Crippen molar-refractivity contribution in [1.29, 1.82) is 0 Å². The van der Waals surface area contributed by atoms with Crippen molar-refractivity contribution in [2.75, 3.05) is 37.7 Å². The van der Waals surface area contributed by atoms with Crippen molar-refractivity contribution in [2.24, 2.45) is 0 Å². The second-order valence-corrected chi connectivity index (χ2v) is 8.67. The van der Waals surface area contributed by atoms with Gasteiger partial charge in [-0.05, 0) is 12.1 Å². The number of sulfone groups is 1. The first-order valence-corrected chi connectivity index (χ1v) is 10.4. The zero-order valence-corrected chi connectivity index (χ0v) is 15.8. The molecule has 154 valence electrons. The fourth-order valence-corrected chi connectivity index (χ4v) is 5.01. The molecule has 1 amide bonds. The summed E-state index contributed by atoms with van der Waals surface area (Å²) in [6.07, 6.45) is -0.818. The predicted molar refractivity (Wildman–Crippen MR) is 97.6 cm³/mol. The molecule has 0 bridgehead atoms. The first kappa shape index (κ1) is 21.8. The molecule has 28 heavy (non-hydrogen) atoms. The number of carbonyl (C=O) groups excluding carboxylic acids is 1. The van der Waals surface area contributed by atoms with Gasteiger partial charge in [0.05, 0.1) is 23.7 Å². The van der Waals surface area contributed by atoms with E-state index in [0.717, 1.165) is 0 Å². The van der Waals surface area contributed by atoms with Crippen LogP contribution in [0.5, 0.6) is 0 Å². The van der Waals surface area contributed by atoms with Gasteiger partial charge in [-0.25, -0.2) is 18.0 Å². The fourth-order valence-electron chi connectivity index (χ4n) is 3.18. The highest BCUT2D eigenvalue weighted by Crippen LogP contribution is 2.20. The molecule has 0 spiro atoms. The number of amides is 1. The summed E-state index contributed by atoms with van der Waals surface area (Å²) >= 11 is 0. The lowest BCUT2D eigenvalue weighted by Crippen LogP contribution is -2.54. The van der Waals surface area contributed by atoms with E-state index in [4.69, 9.17) is 19.8 Å². The van der Waals surface area contributed by atoms with E-state index in [1.54, 1.807) is 17.0 Å². The van der Waals surface area contributed by atoms with Crippen LogP contribution in [0, 0.1) is 0 Å². The van der Waals surface area contributed by atoms with E-state index >= 15 is 0 Å². The van der Waals surface area contributed by atoms with Gasteiger partial charge in [0.2, 0.25) is 0 Å². The highest BCUT2D eigenvalue weighted by atomic mass is 32.2. The van der Waals surface area contributed by atoms with E-state index in [2.05, 4.69) is 0 Å². The summed E-state index contributed by atoms with van der Waals surface area (Å²) in [7, 11) is -3.14. The number of hydrogen-bond acceptors (Lipinski definition) is 7. The van der Waals surface area contributed by atoms with Crippen LogP contribution in [0.1, 0.15) is 10.4 Å². The van der Waals surface area contributed by atoms with E-state index in [9.17, 15) is 18.3 Å². The van der Waals surface area contributed by atoms with Crippen molar-refractivity contribution < 1.29 is 38.1 Å². The Kier molecular flexibility index (Phi) is 7.11. The van der Waals surface area contributed by atoms with E-state index in [1.165, 1.54) is 0 Å². The van der Waals surface area contributed by atoms with E-state index in [0.29, 0.717) is 31.7 Å². The monoisotopic (exact) mass is 414 g/mol. The molecule has 2 atom stereocenters. The Labute approximate surface area is 161 Å². The molecular formula is C17H22N2O8S. The van der Waals surface area contributed by atoms with Gasteiger partial charge in [-0.15, -0.1) is 0 Å². The Balaban J connectivity index is 0.000000409. The maximum atomic E-state index is 12.4. The van der Waals surface area contributed by atoms with Crippen molar-refractivity contribution in [2.45, 2.75) is 12.1 Å². The predicted octanol–water partition coefficient (Wildman–Crippen LogP) is -1.24. The van der Waals surface area contributed by atoms with Gasteiger partial charge in [-0.2, -0.15) is 0 Å². The molecule has 3 N–H and O–H groups in total. The van der Waals surface area contributed by atoms with Crippen molar-refractivity contribution in [3.05, 3.63) is 35.9 Å². The van der Waals surface area contributed by atoms with Crippen LogP contribution in [0.2, 0.25) is 0 Å². The van der Waals surface area contributed by atoms with Gasteiger partial charge in [0.1, 0.15) is 0 Å². The Morgan fingerprint density at radius 3 is 1.86 bits per heavy atom. The number of carbonyl (C=O) groups is 3. The van der Waals surface area contributed by atoms with E-state index in [-0.39, 0.29) is 23.5 Å². The maximum absolute atomic E-state index is 12.4. The molecular weight excluding hydrogens is 392 g/mol. The standard InChI is InChI=1S/C15H20N2O4S.C2H2O4/c18-14-11-22(20,21)10-13(14)16-6-8-17(9-7-16)15(19)12-4-2-1-3-5-12;3-1(4)2(5)6/h1-5,13-14,18H,6-11H2;(H,3,4)(H,5,6). The van der Waals surface area contributed by atoms with Gasteiger partial charge < -0.3 is 20.2 Å². The SMILES string of the molecule is O=C(O)C(=O)O.O=C(c1ccccc1)N1CCN(C2CS(=O)(=O)CC2O)CC1. The number of nitrogens with zero attached hydrogens (tertiary/aromatic N) is 2. The van der Waals surface area contributed by atoms with Crippen LogP contribution in [-0.4, -0.2) is 101 Å². The second-order valence-electron chi connectivity index (χ2n) is 6.52. The molecule has 0 radical (unpaired) electrons. The molecule has 2 heterocycles. The molecule has 2 saturated heterocycles. The van der Waals surface area contributed by atoms with Crippen LogP contribution >= 0.6 is 0 Å². The van der Waals surface area contributed by atoms with Crippen LogP contribution in [0.25, 0.3) is 0 Å². The Morgan fingerprint density at radius 1 is 0.893 bits per heavy atom. The lowest BCUT2D eigenvalue weighted by atomic mass is 10.1. The summed E-state index contributed by atoms with van der Waals surface area (Å²) in [5.41, 5.74) is 0.666. The van der Waals surface area contributed by atoms with Crippen LogP contribution < -0.4 is 0 Å². The minimum absolute atomic E-state index is 0.000146. The zero-order valence-electron chi connectivity index (χ0n) is 15.0. The first-order chi connectivity index (χ1) is 13.1. The summed E-state index contributed by atoms with van der Waals surface area (Å²) in [5, 5.41) is 24.7. The minimum Gasteiger partial charge on any atom is -0.473 e. The van der Waals surface area contributed by atoms with E-state index < -0.39 is 27.9 Å². The minimum atomic E-state index is -3.14. The number of aliphatic hydroxyl groups is 1. The normalized spacial score (nSPS) is 24.1. The van der Waals surface area contributed by atoms with Gasteiger partial charge in [0.25, 0.3) is 5.91 Å². The highest BCUT2D eigenvalue weighted by Gasteiger charge is 2.41. The van der Waals surface area contributed by atoms with Crippen molar-refractivity contribution in [3.8, 4) is 0 Å². The Morgan fingerprint density at radius 2 is 1.43 bits per heavy atom. The number of benzene rings is 1. The van der Waals surface area contributed by atoms with Crippen molar-refractivity contribution in [1.82, 2.24) is 9.80 Å². The van der Waals surface area contributed by atoms with Crippen molar-refractivity contribution >= 4 is 27.7 Å². The summed E-state index contributed by atoms with van der Waals surface area (Å²) in [4.78, 5) is 34.3. The maximum Gasteiger partial charge on any atom is 0.414 e. The molecule has 0 aromatic heterocycles. The number of aliphatic carboxylic acids is 2. The molecule has 0 aliphatic carbocycles. The van der Waals surface area contributed by atoms with Crippen LogP contribution in [-0.2, 0) is 19.4 Å². The zero-order chi connectivity index (χ0) is 20.9. The van der Waals surface area contributed by atoms with Gasteiger partial charge in [0.15, 0.2) is 9.84 Å². The number of carboxylic acids is 2. The lowest BCUT2D eigenvalue weighted by molar-refractivity contribution is -0.159. The molecule has 3 rings (SSSR count). The third-order valence-electron chi connectivity index (χ3n) is 4.57. The molecule has 2 aliphatic rings. The highest BCUT2D eigenvalue weighted by molar-refractivity contribution is 7.91. The van der Waals surface area contributed by atoms with Crippen molar-refractivity contribution in [3.63, 3.8) is 0 Å². The molecule has 2 unspecified atom stereocenters. The smallest absolute Gasteiger partial charge is 0.414 e. The quantitative estimate of drug-likeness (QED) is 0.504. The van der Waals surface area contributed by atoms with Gasteiger partial charge in [0, 0.05) is 31.7 Å². The van der Waals surface area contributed by atoms with E-state index in [1.807, 2.05) is 23.1 Å². The molecule has 1 aromatic rings. The van der Waals surface area contributed by atoms with Gasteiger partial charge in [-0.1, -0.05) is 18.2 Å². The molecule has 2 aliphatic heterocycles. The second kappa shape index (κ2) is 9.13. The van der Waals surface area contributed by atoms with Crippen LogP contribution in [0.4, 0.5) is 0 Å². The van der Waals surface area contributed by atoms with Crippen LogP contribution in [0.3, 0.4) is 0 Å². The Bertz CT molecular complexity index is 807. The average molecular weight is 414 g/mol.